The van der Waals surface area contributed by atoms with E-state index in [-0.39, 0.29) is 18.1 Å². The highest BCUT2D eigenvalue weighted by molar-refractivity contribution is 6.01. The molecule has 4 rings (SSSR count). The predicted molar refractivity (Wildman–Crippen MR) is 122 cm³/mol. The minimum absolute atomic E-state index is 0.00239. The number of methoxy groups -OCH3 is 4. The lowest BCUT2D eigenvalue weighted by molar-refractivity contribution is -0.125. The third kappa shape index (κ3) is 4.33. The fourth-order valence-corrected chi connectivity index (χ4v) is 4.33. The Bertz CT molecular complexity index is 1080. The van der Waals surface area contributed by atoms with Crippen LogP contribution >= 0.6 is 0 Å². The number of carbonyl (C=O) groups excluding carboxylic acids is 2. The predicted octanol–water partition coefficient (Wildman–Crippen LogP) is 3.37. The summed E-state index contributed by atoms with van der Waals surface area (Å²) in [5.74, 6) is 2.50. The Morgan fingerprint density at radius 1 is 1.03 bits per heavy atom. The normalized spacial score (nSPS) is 19.4. The number of hydrogen-bond acceptors (Lipinski definition) is 7. The number of hydrogen-bond donors (Lipinski definition) is 0. The van der Waals surface area contributed by atoms with Gasteiger partial charge in [0.1, 0.15) is 17.1 Å². The molecule has 0 aliphatic carbocycles. The zero-order chi connectivity index (χ0) is 23.6. The molecule has 1 fully saturated rings. The minimum atomic E-state index is -0.700. The highest BCUT2D eigenvalue weighted by Crippen LogP contribution is 2.41. The lowest BCUT2D eigenvalue weighted by Crippen LogP contribution is -2.45. The van der Waals surface area contributed by atoms with Crippen LogP contribution in [-0.4, -0.2) is 63.7 Å². The Kier molecular flexibility index (Phi) is 6.18. The lowest BCUT2D eigenvalue weighted by Gasteiger charge is -2.34. The summed E-state index contributed by atoms with van der Waals surface area (Å²) < 4.78 is 27.5. The first-order chi connectivity index (χ1) is 15.9. The number of amides is 1. The van der Waals surface area contributed by atoms with Gasteiger partial charge in [0.15, 0.2) is 17.3 Å². The van der Waals surface area contributed by atoms with Crippen LogP contribution in [0.5, 0.6) is 28.7 Å². The molecule has 2 aliphatic rings. The standard InChI is InChI=1S/C25H27NO7/c1-29-17-6-7-20-18(13-17)19(27)14-25(33-20)9-10-26(15-25)23(28)8-5-16-11-21(30-2)24(32-4)22(12-16)31-3/h5-8,11-13H,9-10,14-15H2,1-4H3/b8-5+. The van der Waals surface area contributed by atoms with Crippen molar-refractivity contribution in [2.75, 3.05) is 41.5 Å². The number of benzene rings is 2. The number of ether oxygens (including phenoxy) is 5. The van der Waals surface area contributed by atoms with Gasteiger partial charge in [0.25, 0.3) is 0 Å². The van der Waals surface area contributed by atoms with Crippen molar-refractivity contribution in [3.05, 3.63) is 47.5 Å². The van der Waals surface area contributed by atoms with E-state index in [0.29, 0.717) is 53.8 Å². The van der Waals surface area contributed by atoms with Gasteiger partial charge in [-0.1, -0.05) is 0 Å². The molecule has 1 unspecified atom stereocenters. The van der Waals surface area contributed by atoms with E-state index in [0.717, 1.165) is 5.56 Å². The van der Waals surface area contributed by atoms with E-state index in [1.807, 2.05) is 0 Å². The molecular formula is C25H27NO7. The molecule has 1 amide bonds. The largest absolute Gasteiger partial charge is 0.497 e. The van der Waals surface area contributed by atoms with E-state index in [1.54, 1.807) is 62.6 Å². The number of nitrogens with zero attached hydrogens (tertiary/aromatic N) is 1. The molecular weight excluding hydrogens is 426 g/mol. The van der Waals surface area contributed by atoms with Gasteiger partial charge in [-0.3, -0.25) is 9.59 Å². The zero-order valence-corrected chi connectivity index (χ0v) is 19.2. The van der Waals surface area contributed by atoms with Gasteiger partial charge >= 0.3 is 0 Å². The van der Waals surface area contributed by atoms with Gasteiger partial charge in [0.05, 0.1) is 47.0 Å². The van der Waals surface area contributed by atoms with Crippen molar-refractivity contribution in [1.29, 1.82) is 0 Å². The van der Waals surface area contributed by atoms with Crippen LogP contribution in [0.15, 0.2) is 36.4 Å². The zero-order valence-electron chi connectivity index (χ0n) is 19.2. The average molecular weight is 453 g/mol. The fourth-order valence-electron chi connectivity index (χ4n) is 4.33. The van der Waals surface area contributed by atoms with Crippen LogP contribution in [0.1, 0.15) is 28.8 Å². The minimum Gasteiger partial charge on any atom is -0.497 e. The molecule has 1 saturated heterocycles. The van der Waals surface area contributed by atoms with Crippen molar-refractivity contribution in [2.24, 2.45) is 0 Å². The number of Topliss-reactive ketones (excluding diaryl/α,β-unsaturated/α-hetero) is 1. The second-order valence-electron chi connectivity index (χ2n) is 8.05. The quantitative estimate of drug-likeness (QED) is 0.620. The maximum absolute atomic E-state index is 12.9. The van der Waals surface area contributed by atoms with Crippen LogP contribution in [0.3, 0.4) is 0 Å². The third-order valence-electron chi connectivity index (χ3n) is 6.03. The number of carbonyl (C=O) groups is 2. The molecule has 0 saturated carbocycles. The molecule has 0 radical (unpaired) electrons. The van der Waals surface area contributed by atoms with Crippen LogP contribution < -0.4 is 23.7 Å². The number of ketones is 1. The van der Waals surface area contributed by atoms with Gasteiger partial charge in [0, 0.05) is 19.0 Å². The first kappa shape index (κ1) is 22.5. The Hall–Kier alpha value is -3.68. The molecule has 2 aliphatic heterocycles. The Morgan fingerprint density at radius 3 is 2.39 bits per heavy atom. The van der Waals surface area contributed by atoms with Gasteiger partial charge < -0.3 is 28.6 Å². The molecule has 2 aromatic carbocycles. The second kappa shape index (κ2) is 9.05. The highest BCUT2D eigenvalue weighted by atomic mass is 16.5. The average Bonchev–Trinajstić information content (AvgIpc) is 3.24. The summed E-state index contributed by atoms with van der Waals surface area (Å²) in [6.07, 6.45) is 4.02. The monoisotopic (exact) mass is 453 g/mol. The van der Waals surface area contributed by atoms with Crippen LogP contribution in [0, 0.1) is 0 Å². The summed E-state index contributed by atoms with van der Waals surface area (Å²) in [6, 6.07) is 8.75. The van der Waals surface area contributed by atoms with Gasteiger partial charge in [-0.2, -0.15) is 0 Å². The number of rotatable bonds is 6. The summed E-state index contributed by atoms with van der Waals surface area (Å²) in [7, 11) is 6.18. The Balaban J connectivity index is 1.48. The van der Waals surface area contributed by atoms with Crippen molar-refractivity contribution in [3.8, 4) is 28.7 Å². The highest BCUT2D eigenvalue weighted by Gasteiger charge is 2.46. The Morgan fingerprint density at radius 2 is 1.76 bits per heavy atom. The topological polar surface area (TPSA) is 83.5 Å². The first-order valence-electron chi connectivity index (χ1n) is 10.6. The van der Waals surface area contributed by atoms with E-state index in [2.05, 4.69) is 0 Å². The first-order valence-corrected chi connectivity index (χ1v) is 10.6. The van der Waals surface area contributed by atoms with Crippen molar-refractivity contribution in [1.82, 2.24) is 4.90 Å². The lowest BCUT2D eigenvalue weighted by atomic mass is 9.89. The molecule has 0 N–H and O–H groups in total. The molecule has 2 aromatic rings. The number of fused-ring (bicyclic) bond motifs is 1. The van der Waals surface area contributed by atoms with Crippen molar-refractivity contribution in [3.63, 3.8) is 0 Å². The second-order valence-corrected chi connectivity index (χ2v) is 8.05. The summed E-state index contributed by atoms with van der Waals surface area (Å²) in [5.41, 5.74) is 0.556. The SMILES string of the molecule is COc1ccc2c(c1)C(=O)CC1(CCN(C(=O)/C=C/c3cc(OC)c(OC)c(OC)c3)C1)O2. The van der Waals surface area contributed by atoms with Crippen LogP contribution in [0.4, 0.5) is 0 Å². The molecule has 33 heavy (non-hydrogen) atoms. The maximum atomic E-state index is 12.9. The fraction of sp³-hybridized carbons (Fsp3) is 0.360. The molecule has 2 heterocycles. The van der Waals surface area contributed by atoms with Crippen LogP contribution in [0.25, 0.3) is 6.08 Å². The van der Waals surface area contributed by atoms with Crippen molar-refractivity contribution >= 4 is 17.8 Å². The summed E-state index contributed by atoms with van der Waals surface area (Å²) in [6.45, 7) is 0.861. The van der Waals surface area contributed by atoms with E-state index in [4.69, 9.17) is 23.7 Å². The van der Waals surface area contributed by atoms with Gasteiger partial charge in [-0.25, -0.2) is 0 Å². The Labute approximate surface area is 192 Å². The number of likely N-dealkylation sites (tertiary alicyclic amines) is 1. The van der Waals surface area contributed by atoms with Crippen molar-refractivity contribution < 1.29 is 33.3 Å². The molecule has 8 heteroatoms. The summed E-state index contributed by atoms with van der Waals surface area (Å²) in [5, 5.41) is 0. The maximum Gasteiger partial charge on any atom is 0.246 e. The molecule has 1 atom stereocenters. The van der Waals surface area contributed by atoms with Crippen LogP contribution in [-0.2, 0) is 4.79 Å². The van der Waals surface area contributed by atoms with E-state index in [9.17, 15) is 9.59 Å². The molecule has 0 aromatic heterocycles. The smallest absolute Gasteiger partial charge is 0.246 e. The van der Waals surface area contributed by atoms with E-state index >= 15 is 0 Å². The van der Waals surface area contributed by atoms with Crippen molar-refractivity contribution in [2.45, 2.75) is 18.4 Å². The van der Waals surface area contributed by atoms with Gasteiger partial charge in [-0.15, -0.1) is 0 Å². The molecule has 0 bridgehead atoms. The van der Waals surface area contributed by atoms with Crippen LogP contribution in [0.2, 0.25) is 0 Å². The molecule has 8 nitrogen and oxygen atoms in total. The third-order valence-corrected chi connectivity index (χ3v) is 6.03. The summed E-state index contributed by atoms with van der Waals surface area (Å²) >= 11 is 0. The van der Waals surface area contributed by atoms with Gasteiger partial charge in [-0.05, 0) is 42.0 Å². The molecule has 174 valence electrons. The van der Waals surface area contributed by atoms with E-state index < -0.39 is 5.60 Å². The van der Waals surface area contributed by atoms with Gasteiger partial charge in [0.2, 0.25) is 11.7 Å². The molecule has 1 spiro atoms. The summed E-state index contributed by atoms with van der Waals surface area (Å²) in [4.78, 5) is 27.4. The van der Waals surface area contributed by atoms with E-state index in [1.165, 1.54) is 13.2 Å².